The number of ether oxygens (including phenoxy) is 1. The quantitative estimate of drug-likeness (QED) is 0.641. The molecule has 0 saturated carbocycles. The minimum atomic E-state index is -0.190. The molecular weight excluding hydrogens is 308 g/mol. The molecule has 1 rings (SSSR count). The molecule has 2 nitrogen and oxygen atoms in total. The Hall–Kier alpha value is -0.360. The van der Waals surface area contributed by atoms with Crippen LogP contribution in [0.2, 0.25) is 0 Å². The van der Waals surface area contributed by atoms with Gasteiger partial charge in [0.05, 0.1) is 0 Å². The predicted molar refractivity (Wildman–Crippen MR) is 68.7 cm³/mol. The van der Waals surface area contributed by atoms with Gasteiger partial charge in [0.25, 0.3) is 0 Å². The van der Waals surface area contributed by atoms with Gasteiger partial charge in [-0.15, -0.1) is 0 Å². The molecule has 0 saturated heterocycles. The van der Waals surface area contributed by atoms with Gasteiger partial charge in [-0.1, -0.05) is 0 Å². The van der Waals surface area contributed by atoms with Crippen molar-refractivity contribution in [3.63, 3.8) is 0 Å². The van der Waals surface area contributed by atoms with E-state index in [0.29, 0.717) is 0 Å². The van der Waals surface area contributed by atoms with Crippen LogP contribution in [0.25, 0.3) is 0 Å². The summed E-state index contributed by atoms with van der Waals surface area (Å²) in [4.78, 5) is 0. The fraction of sp³-hybridized carbons (Fsp3) is 0.455. The second-order valence-electron chi connectivity index (χ2n) is 3.25. The van der Waals surface area contributed by atoms with Crippen LogP contribution in [0.1, 0.15) is 12.8 Å². The molecule has 0 aliphatic heterocycles. The number of benzene rings is 1. The van der Waals surface area contributed by atoms with E-state index in [2.05, 4.69) is 27.9 Å². The lowest BCUT2D eigenvalue weighted by atomic mass is 10.3. The first kappa shape index (κ1) is 12.7. The fourth-order valence-electron chi connectivity index (χ4n) is 1.23. The first-order chi connectivity index (χ1) is 7.24. The van der Waals surface area contributed by atoms with Crippen molar-refractivity contribution in [1.82, 2.24) is 0 Å². The summed E-state index contributed by atoms with van der Waals surface area (Å²) < 4.78 is 18.7. The van der Waals surface area contributed by atoms with E-state index in [-0.39, 0.29) is 5.82 Å². The molecule has 84 valence electrons. The van der Waals surface area contributed by atoms with Crippen LogP contribution < -0.4 is 5.32 Å². The van der Waals surface area contributed by atoms with Crippen LogP contribution in [0, 0.1) is 9.39 Å². The van der Waals surface area contributed by atoms with Gasteiger partial charge in [-0.2, -0.15) is 0 Å². The largest absolute Gasteiger partial charge is 0.385 e. The van der Waals surface area contributed by atoms with E-state index in [0.717, 1.165) is 35.3 Å². The zero-order chi connectivity index (χ0) is 11.1. The first-order valence-electron chi connectivity index (χ1n) is 4.92. The average molecular weight is 323 g/mol. The van der Waals surface area contributed by atoms with E-state index in [1.807, 2.05) is 0 Å². The van der Waals surface area contributed by atoms with Crippen LogP contribution in [0.4, 0.5) is 10.1 Å². The monoisotopic (exact) mass is 323 g/mol. The molecule has 0 aliphatic rings. The van der Waals surface area contributed by atoms with Gasteiger partial charge in [0.1, 0.15) is 5.82 Å². The Morgan fingerprint density at radius 2 is 2.20 bits per heavy atom. The van der Waals surface area contributed by atoms with Crippen molar-refractivity contribution in [1.29, 1.82) is 0 Å². The number of methoxy groups -OCH3 is 1. The highest BCUT2D eigenvalue weighted by Gasteiger charge is 1.99. The topological polar surface area (TPSA) is 21.3 Å². The van der Waals surface area contributed by atoms with Gasteiger partial charge in [-0.25, -0.2) is 4.39 Å². The van der Waals surface area contributed by atoms with Crippen LogP contribution >= 0.6 is 22.6 Å². The number of hydrogen-bond donors (Lipinski definition) is 1. The Bertz CT molecular complexity index is 307. The molecule has 4 heteroatoms. The molecule has 0 fully saturated rings. The smallest absolute Gasteiger partial charge is 0.124 e. The molecule has 0 atom stereocenters. The number of anilines is 1. The number of rotatable bonds is 6. The Kier molecular flexibility index (Phi) is 5.93. The number of unbranched alkanes of at least 4 members (excludes halogenated alkanes) is 1. The lowest BCUT2D eigenvalue weighted by molar-refractivity contribution is 0.194. The maximum Gasteiger partial charge on any atom is 0.124 e. The summed E-state index contributed by atoms with van der Waals surface area (Å²) in [6.45, 7) is 1.69. The zero-order valence-electron chi connectivity index (χ0n) is 8.72. The molecule has 0 unspecified atom stereocenters. The molecule has 0 bridgehead atoms. The van der Waals surface area contributed by atoms with Crippen molar-refractivity contribution in [2.75, 3.05) is 25.6 Å². The maximum atomic E-state index is 12.8. The minimum absolute atomic E-state index is 0.190. The van der Waals surface area contributed by atoms with E-state index in [4.69, 9.17) is 4.74 Å². The average Bonchev–Trinajstić information content (AvgIpc) is 2.20. The van der Waals surface area contributed by atoms with Crippen LogP contribution in [0.5, 0.6) is 0 Å². The van der Waals surface area contributed by atoms with Crippen molar-refractivity contribution >= 4 is 28.3 Å². The van der Waals surface area contributed by atoms with Gasteiger partial charge in [-0.3, -0.25) is 0 Å². The van der Waals surface area contributed by atoms with Crippen LogP contribution in [-0.2, 0) is 4.74 Å². The number of nitrogens with one attached hydrogen (secondary N) is 1. The summed E-state index contributed by atoms with van der Waals surface area (Å²) in [5.74, 6) is -0.190. The molecule has 0 aromatic heterocycles. The van der Waals surface area contributed by atoms with E-state index in [1.54, 1.807) is 13.2 Å². The SMILES string of the molecule is COCCCCNc1ccc(F)cc1I. The van der Waals surface area contributed by atoms with E-state index >= 15 is 0 Å². The molecule has 15 heavy (non-hydrogen) atoms. The van der Waals surface area contributed by atoms with Crippen LogP contribution in [0.3, 0.4) is 0 Å². The second-order valence-corrected chi connectivity index (χ2v) is 4.41. The number of halogens is 2. The van der Waals surface area contributed by atoms with Gasteiger partial charge >= 0.3 is 0 Å². The summed E-state index contributed by atoms with van der Waals surface area (Å²) in [6.07, 6.45) is 2.10. The molecule has 0 spiro atoms. The maximum absolute atomic E-state index is 12.8. The van der Waals surface area contributed by atoms with E-state index in [9.17, 15) is 4.39 Å². The first-order valence-corrected chi connectivity index (χ1v) is 6.00. The van der Waals surface area contributed by atoms with Gasteiger partial charge in [0.2, 0.25) is 0 Å². The highest BCUT2D eigenvalue weighted by molar-refractivity contribution is 14.1. The van der Waals surface area contributed by atoms with Gasteiger partial charge in [0.15, 0.2) is 0 Å². The molecule has 0 amide bonds. The molecular formula is C11H15FINO. The summed E-state index contributed by atoms with van der Waals surface area (Å²) >= 11 is 2.13. The van der Waals surface area contributed by atoms with Crippen LogP contribution in [0.15, 0.2) is 18.2 Å². The van der Waals surface area contributed by atoms with E-state index in [1.165, 1.54) is 12.1 Å². The lowest BCUT2D eigenvalue weighted by Crippen LogP contribution is -2.04. The van der Waals surface area contributed by atoms with Crippen LogP contribution in [-0.4, -0.2) is 20.3 Å². The van der Waals surface area contributed by atoms with Gasteiger partial charge in [-0.05, 0) is 53.6 Å². The third-order valence-electron chi connectivity index (χ3n) is 2.02. The van der Waals surface area contributed by atoms with Crippen molar-refractivity contribution in [2.45, 2.75) is 12.8 Å². The summed E-state index contributed by atoms with van der Waals surface area (Å²) in [5.41, 5.74) is 0.995. The molecule has 1 aromatic carbocycles. The predicted octanol–water partition coefficient (Wildman–Crippen LogP) is 3.27. The molecule has 1 aromatic rings. The summed E-state index contributed by atoms with van der Waals surface area (Å²) in [6, 6.07) is 4.77. The van der Waals surface area contributed by atoms with Gasteiger partial charge in [0, 0.05) is 29.5 Å². The Morgan fingerprint density at radius 1 is 1.40 bits per heavy atom. The van der Waals surface area contributed by atoms with E-state index < -0.39 is 0 Å². The molecule has 0 heterocycles. The standard InChI is InChI=1S/C11H15FINO/c1-15-7-3-2-6-14-11-5-4-9(12)8-10(11)13/h4-5,8,14H,2-3,6-7H2,1H3. The molecule has 0 radical (unpaired) electrons. The highest BCUT2D eigenvalue weighted by atomic mass is 127. The van der Waals surface area contributed by atoms with Crippen molar-refractivity contribution in [2.24, 2.45) is 0 Å². The van der Waals surface area contributed by atoms with Gasteiger partial charge < -0.3 is 10.1 Å². The van der Waals surface area contributed by atoms with Crippen molar-refractivity contribution < 1.29 is 9.13 Å². The molecule has 1 N–H and O–H groups in total. The van der Waals surface area contributed by atoms with Crippen molar-refractivity contribution in [3.8, 4) is 0 Å². The third kappa shape index (κ3) is 4.79. The Labute approximate surface area is 103 Å². The minimum Gasteiger partial charge on any atom is -0.385 e. The fourth-order valence-corrected chi connectivity index (χ4v) is 1.90. The third-order valence-corrected chi connectivity index (χ3v) is 2.91. The normalized spacial score (nSPS) is 10.3. The summed E-state index contributed by atoms with van der Waals surface area (Å²) in [7, 11) is 1.70. The lowest BCUT2D eigenvalue weighted by Gasteiger charge is -2.08. The Morgan fingerprint density at radius 3 is 2.87 bits per heavy atom. The molecule has 0 aliphatic carbocycles. The second kappa shape index (κ2) is 7.00. The number of hydrogen-bond acceptors (Lipinski definition) is 2. The zero-order valence-corrected chi connectivity index (χ0v) is 10.9. The Balaban J connectivity index is 2.31. The van der Waals surface area contributed by atoms with Crippen molar-refractivity contribution in [3.05, 3.63) is 27.6 Å². The summed E-state index contributed by atoms with van der Waals surface area (Å²) in [5, 5.41) is 3.27. The highest BCUT2D eigenvalue weighted by Crippen LogP contribution is 2.18.